The predicted molar refractivity (Wildman–Crippen MR) is 136 cm³/mol. The fraction of sp³-hybridized carbons (Fsp3) is 0. The molecule has 0 nitrogen and oxygen atoms in total. The molecule has 190 valence electrons. The zero-order valence-corrected chi connectivity index (χ0v) is 19.9. The zero-order chi connectivity index (χ0) is 27.1. The fourth-order valence-corrected chi connectivity index (χ4v) is 8.60. The Bertz CT molecular complexity index is 1860. The van der Waals surface area contributed by atoms with Crippen LogP contribution < -0.4 is 15.9 Å². The third-order valence-corrected chi connectivity index (χ3v) is 10.4. The van der Waals surface area contributed by atoms with Crippen LogP contribution in [0.5, 0.6) is 0 Å². The van der Waals surface area contributed by atoms with Gasteiger partial charge in [-0.15, -0.1) is 0 Å². The van der Waals surface area contributed by atoms with Crippen LogP contribution in [-0.2, 0) is 0 Å². The van der Waals surface area contributed by atoms with Crippen LogP contribution in [0.1, 0.15) is 0 Å². The van der Waals surface area contributed by atoms with Gasteiger partial charge in [0, 0.05) is 12.1 Å². The average molecular weight is 544 g/mol. The lowest BCUT2D eigenvalue weighted by Crippen LogP contribution is -2.35. The Kier molecular flexibility index (Phi) is 5.34. The first-order chi connectivity index (χ1) is 18.1. The summed E-state index contributed by atoms with van der Waals surface area (Å²) >= 11 is 0. The number of hydrogen-bond acceptors (Lipinski definition) is 0. The van der Waals surface area contributed by atoms with Crippen molar-refractivity contribution in [3.63, 3.8) is 0 Å². The van der Waals surface area contributed by atoms with Gasteiger partial charge in [0.15, 0.2) is 46.5 Å². The quantitative estimate of drug-likeness (QED) is 0.0942. The van der Waals surface area contributed by atoms with Crippen molar-refractivity contribution in [1.29, 1.82) is 0 Å². The second kappa shape index (κ2) is 8.30. The van der Waals surface area contributed by atoms with E-state index in [0.29, 0.717) is 16.2 Å². The highest BCUT2D eigenvalue weighted by atomic mass is 31.2. The van der Waals surface area contributed by atoms with E-state index in [-0.39, 0.29) is 22.8 Å². The molecule has 0 aromatic heterocycles. The smallest absolute Gasteiger partial charge is 0.170 e. The summed E-state index contributed by atoms with van der Waals surface area (Å²) in [5.41, 5.74) is 0. The number of benzene rings is 6. The van der Waals surface area contributed by atoms with Gasteiger partial charge in [-0.2, -0.15) is 0 Å². The Morgan fingerprint density at radius 2 is 0.868 bits per heavy atom. The predicted octanol–water partition coefficient (Wildman–Crippen LogP) is 7.42. The van der Waals surface area contributed by atoms with Gasteiger partial charge in [0.05, 0.1) is 10.6 Å². The van der Waals surface area contributed by atoms with Crippen molar-refractivity contribution in [2.75, 3.05) is 0 Å². The normalized spacial score (nSPS) is 12.3. The Morgan fingerprint density at radius 3 is 1.34 bits per heavy atom. The van der Waals surface area contributed by atoms with Crippen LogP contribution in [-0.4, -0.2) is 6.30 Å². The van der Waals surface area contributed by atoms with E-state index in [2.05, 4.69) is 6.30 Å². The highest BCUT2D eigenvalue weighted by Gasteiger charge is 2.39. The van der Waals surface area contributed by atoms with Crippen molar-refractivity contribution in [3.05, 3.63) is 113 Å². The molecule has 9 heteroatoms. The van der Waals surface area contributed by atoms with Crippen LogP contribution in [0.15, 0.2) is 66.7 Å². The molecule has 6 aromatic carbocycles. The summed E-state index contributed by atoms with van der Waals surface area (Å²) in [7, 11) is 0. The van der Waals surface area contributed by atoms with Gasteiger partial charge in [-0.1, -0.05) is 60.9 Å². The number of hydrogen-bond donors (Lipinski definition) is 0. The van der Waals surface area contributed by atoms with E-state index in [1.165, 1.54) is 18.2 Å². The van der Waals surface area contributed by atoms with Crippen LogP contribution in [0, 0.1) is 46.5 Å². The van der Waals surface area contributed by atoms with Gasteiger partial charge in [0.1, 0.15) is 0 Å². The molecule has 0 bridgehead atoms. The molecule has 0 aliphatic carbocycles. The second-order valence-electron chi connectivity index (χ2n) is 8.88. The molecule has 0 aliphatic rings. The molecule has 6 aromatic rings. The standard InChI is InChI=1S/C29H13F8P/c1-38(28-24(34)17(30)11-18(31)25(28)35,29-26(36)19(32)12-20(33)27(29)37)21-10-8-15-6-5-13-3-2-4-14-7-9-16(21)23(15)22(13)14/h2-12H,1H2. The molecule has 0 heterocycles. The SMILES string of the molecule is C=P(c1c(F)c(F)cc(F)c1F)(c1c(F)c(F)cc(F)c1F)c1ccc2ccc3cccc4ccc1c2c34. The molecule has 0 radical (unpaired) electrons. The van der Waals surface area contributed by atoms with E-state index >= 15 is 17.6 Å². The summed E-state index contributed by atoms with van der Waals surface area (Å²) in [5, 5.41) is 0.493. The van der Waals surface area contributed by atoms with Gasteiger partial charge in [-0.05, 0) is 44.5 Å². The summed E-state index contributed by atoms with van der Waals surface area (Å²) < 4.78 is 119. The van der Waals surface area contributed by atoms with Crippen molar-refractivity contribution < 1.29 is 35.1 Å². The highest BCUT2D eigenvalue weighted by molar-refractivity contribution is 7.93. The summed E-state index contributed by atoms with van der Waals surface area (Å²) in [6, 6.07) is 14.8. The lowest BCUT2D eigenvalue weighted by Gasteiger charge is -2.30. The maximum Gasteiger partial charge on any atom is 0.170 e. The summed E-state index contributed by atoms with van der Waals surface area (Å²) in [6.07, 6.45) is 3.75. The molecule has 0 saturated carbocycles. The largest absolute Gasteiger partial charge is 0.204 e. The van der Waals surface area contributed by atoms with Gasteiger partial charge in [0.25, 0.3) is 0 Å². The monoisotopic (exact) mass is 544 g/mol. The van der Waals surface area contributed by atoms with Gasteiger partial charge >= 0.3 is 0 Å². The maximum atomic E-state index is 15.3. The van der Waals surface area contributed by atoms with E-state index in [4.69, 9.17) is 0 Å². The minimum absolute atomic E-state index is 0.0680. The third kappa shape index (κ3) is 3.16. The van der Waals surface area contributed by atoms with E-state index < -0.39 is 64.0 Å². The van der Waals surface area contributed by atoms with Gasteiger partial charge in [0.2, 0.25) is 0 Å². The molecule has 0 aliphatic heterocycles. The van der Waals surface area contributed by atoms with E-state index in [0.717, 1.165) is 10.8 Å². The van der Waals surface area contributed by atoms with Gasteiger partial charge in [-0.25, -0.2) is 35.1 Å². The van der Waals surface area contributed by atoms with Crippen LogP contribution in [0.2, 0.25) is 0 Å². The molecule has 38 heavy (non-hydrogen) atoms. The van der Waals surface area contributed by atoms with Crippen LogP contribution in [0.25, 0.3) is 32.3 Å². The average Bonchev–Trinajstić information content (AvgIpc) is 2.89. The molecule has 0 fully saturated rings. The molecule has 0 atom stereocenters. The lowest BCUT2D eigenvalue weighted by atomic mass is 9.94. The van der Waals surface area contributed by atoms with Crippen LogP contribution in [0.4, 0.5) is 35.1 Å². The Hall–Kier alpha value is -3.90. The molecule has 0 amide bonds. The third-order valence-electron chi connectivity index (χ3n) is 6.86. The molecular weight excluding hydrogens is 531 g/mol. The molecule has 0 N–H and O–H groups in total. The van der Waals surface area contributed by atoms with Crippen molar-refractivity contribution in [2.24, 2.45) is 0 Å². The fourth-order valence-electron chi connectivity index (χ4n) is 5.20. The first-order valence-corrected chi connectivity index (χ1v) is 13.1. The lowest BCUT2D eigenvalue weighted by molar-refractivity contribution is 0.461. The summed E-state index contributed by atoms with van der Waals surface area (Å²) in [5.74, 6) is -15.3. The molecule has 0 saturated heterocycles. The highest BCUT2D eigenvalue weighted by Crippen LogP contribution is 2.49. The topological polar surface area (TPSA) is 0 Å². The Morgan fingerprint density at radius 1 is 0.474 bits per heavy atom. The Labute approximate surface area is 210 Å². The van der Waals surface area contributed by atoms with E-state index in [1.807, 2.05) is 24.3 Å². The van der Waals surface area contributed by atoms with Crippen LogP contribution in [0.3, 0.4) is 0 Å². The van der Waals surface area contributed by atoms with Crippen molar-refractivity contribution in [1.82, 2.24) is 0 Å². The minimum atomic E-state index is -4.75. The molecular formula is C29H13F8P. The molecule has 0 spiro atoms. The number of rotatable bonds is 3. The van der Waals surface area contributed by atoms with E-state index in [9.17, 15) is 17.6 Å². The first kappa shape index (κ1) is 24.4. The second-order valence-corrected chi connectivity index (χ2v) is 11.9. The summed E-state index contributed by atoms with van der Waals surface area (Å²) in [6.45, 7) is -4.75. The van der Waals surface area contributed by atoms with E-state index in [1.54, 1.807) is 12.1 Å². The number of halogens is 8. The van der Waals surface area contributed by atoms with Crippen LogP contribution >= 0.6 is 6.89 Å². The van der Waals surface area contributed by atoms with Crippen molar-refractivity contribution in [3.8, 4) is 0 Å². The molecule has 6 rings (SSSR count). The Balaban J connectivity index is 1.89. The van der Waals surface area contributed by atoms with Crippen molar-refractivity contribution in [2.45, 2.75) is 0 Å². The molecule has 0 unspecified atom stereocenters. The summed E-state index contributed by atoms with van der Waals surface area (Å²) in [4.78, 5) is 0. The maximum absolute atomic E-state index is 15.3. The van der Waals surface area contributed by atoms with Gasteiger partial charge < -0.3 is 0 Å². The van der Waals surface area contributed by atoms with Crippen molar-refractivity contribution >= 4 is 61.4 Å². The zero-order valence-electron chi connectivity index (χ0n) is 19.0. The first-order valence-electron chi connectivity index (χ1n) is 11.1. The minimum Gasteiger partial charge on any atom is -0.204 e. The van der Waals surface area contributed by atoms with Gasteiger partial charge in [-0.3, -0.25) is 0 Å².